The van der Waals surface area contributed by atoms with Crippen molar-refractivity contribution in [2.24, 2.45) is 0 Å². The Labute approximate surface area is 178 Å². The molecule has 0 saturated carbocycles. The zero-order chi connectivity index (χ0) is 22.4. The number of aryl methyl sites for hydroxylation is 3. The Bertz CT molecular complexity index is 1180. The van der Waals surface area contributed by atoms with Crippen LogP contribution in [0.5, 0.6) is 0 Å². The lowest BCUT2D eigenvalue weighted by molar-refractivity contribution is -0.148. The highest BCUT2D eigenvalue weighted by molar-refractivity contribution is 6.02. The van der Waals surface area contributed by atoms with Crippen LogP contribution in [0.2, 0.25) is 0 Å². The van der Waals surface area contributed by atoms with Crippen LogP contribution < -0.4 is 16.4 Å². The number of urea groups is 1. The van der Waals surface area contributed by atoms with E-state index >= 15 is 0 Å². The van der Waals surface area contributed by atoms with Gasteiger partial charge in [-0.25, -0.2) is 9.59 Å². The molecule has 2 aromatic carbocycles. The molecule has 0 aliphatic rings. The van der Waals surface area contributed by atoms with E-state index in [0.717, 1.165) is 11.1 Å². The van der Waals surface area contributed by atoms with Crippen LogP contribution >= 0.6 is 0 Å². The number of benzene rings is 2. The standard InChI is InChI=1S/C22H23N3O6/c1-14-9-10-16(15(2)12-14)23-21(28)24-19(26)13-30-20(27)8-5-11-25-17-6-3-4-7-18(17)31-22(25)29/h3-4,6-7,9-10,12H,5,8,11,13H2,1-2H3,(H2,23,24,26,28). The van der Waals surface area contributed by atoms with Crippen LogP contribution in [0.4, 0.5) is 10.5 Å². The van der Waals surface area contributed by atoms with Crippen molar-refractivity contribution in [2.75, 3.05) is 11.9 Å². The molecule has 1 heterocycles. The molecule has 0 atom stereocenters. The summed E-state index contributed by atoms with van der Waals surface area (Å²) in [6.07, 6.45) is 0.338. The number of nitrogens with zero attached hydrogens (tertiary/aromatic N) is 1. The van der Waals surface area contributed by atoms with E-state index in [1.165, 1.54) is 4.57 Å². The third-order valence-corrected chi connectivity index (χ3v) is 4.58. The van der Waals surface area contributed by atoms with Gasteiger partial charge in [0.15, 0.2) is 12.2 Å². The van der Waals surface area contributed by atoms with Gasteiger partial charge in [0, 0.05) is 18.7 Å². The molecule has 3 amide bonds. The zero-order valence-corrected chi connectivity index (χ0v) is 17.3. The van der Waals surface area contributed by atoms with E-state index in [1.54, 1.807) is 30.3 Å². The third kappa shape index (κ3) is 5.81. The Morgan fingerprint density at radius 3 is 2.65 bits per heavy atom. The van der Waals surface area contributed by atoms with Crippen molar-refractivity contribution >= 4 is 34.7 Å². The first-order valence-corrected chi connectivity index (χ1v) is 9.75. The Morgan fingerprint density at radius 1 is 1.10 bits per heavy atom. The summed E-state index contributed by atoms with van der Waals surface area (Å²) in [6.45, 7) is 3.47. The summed E-state index contributed by atoms with van der Waals surface area (Å²) >= 11 is 0. The molecule has 162 valence electrons. The van der Waals surface area contributed by atoms with Gasteiger partial charge in [0.05, 0.1) is 5.52 Å². The van der Waals surface area contributed by atoms with E-state index < -0.39 is 30.3 Å². The van der Waals surface area contributed by atoms with Crippen LogP contribution in [0.1, 0.15) is 24.0 Å². The quantitative estimate of drug-likeness (QED) is 0.562. The lowest BCUT2D eigenvalue weighted by Gasteiger charge is -2.10. The third-order valence-electron chi connectivity index (χ3n) is 4.58. The van der Waals surface area contributed by atoms with Crippen molar-refractivity contribution in [1.29, 1.82) is 0 Å². The van der Waals surface area contributed by atoms with Crippen LogP contribution in [0, 0.1) is 13.8 Å². The average Bonchev–Trinajstić information content (AvgIpc) is 3.04. The van der Waals surface area contributed by atoms with Gasteiger partial charge < -0.3 is 14.5 Å². The van der Waals surface area contributed by atoms with Gasteiger partial charge in [-0.3, -0.25) is 19.5 Å². The second kappa shape index (κ2) is 9.75. The number of carbonyl (C=O) groups excluding carboxylic acids is 3. The SMILES string of the molecule is Cc1ccc(NC(=O)NC(=O)COC(=O)CCCn2c(=O)oc3ccccc32)c(C)c1. The predicted octanol–water partition coefficient (Wildman–Crippen LogP) is 2.88. The topological polar surface area (TPSA) is 120 Å². The van der Waals surface area contributed by atoms with E-state index in [4.69, 9.17) is 9.15 Å². The number of rotatable bonds is 7. The summed E-state index contributed by atoms with van der Waals surface area (Å²) in [6, 6.07) is 11.8. The van der Waals surface area contributed by atoms with Gasteiger partial charge in [-0.05, 0) is 44.0 Å². The lowest BCUT2D eigenvalue weighted by Crippen LogP contribution is -2.37. The fourth-order valence-corrected chi connectivity index (χ4v) is 3.10. The Hall–Kier alpha value is -3.88. The molecule has 2 N–H and O–H groups in total. The van der Waals surface area contributed by atoms with E-state index in [9.17, 15) is 19.2 Å². The van der Waals surface area contributed by atoms with Crippen LogP contribution in [0.3, 0.4) is 0 Å². The van der Waals surface area contributed by atoms with Crippen molar-refractivity contribution in [2.45, 2.75) is 33.2 Å². The van der Waals surface area contributed by atoms with E-state index in [-0.39, 0.29) is 13.0 Å². The van der Waals surface area contributed by atoms with Crippen molar-refractivity contribution in [3.05, 3.63) is 64.1 Å². The molecule has 9 heteroatoms. The molecule has 0 bridgehead atoms. The average molecular weight is 425 g/mol. The van der Waals surface area contributed by atoms with E-state index in [0.29, 0.717) is 23.2 Å². The van der Waals surface area contributed by atoms with Gasteiger partial charge in [0.1, 0.15) is 0 Å². The number of carbonyl (C=O) groups is 3. The first-order chi connectivity index (χ1) is 14.8. The minimum atomic E-state index is -0.743. The summed E-state index contributed by atoms with van der Waals surface area (Å²) in [5.41, 5.74) is 3.62. The van der Waals surface area contributed by atoms with Crippen LogP contribution in [0.25, 0.3) is 11.1 Å². The molecule has 0 spiro atoms. The number of oxazole rings is 1. The largest absolute Gasteiger partial charge is 0.456 e. The van der Waals surface area contributed by atoms with Crippen molar-refractivity contribution in [3.63, 3.8) is 0 Å². The number of anilines is 1. The Balaban J connectivity index is 1.40. The van der Waals surface area contributed by atoms with Crippen molar-refractivity contribution in [3.8, 4) is 0 Å². The van der Waals surface area contributed by atoms with Gasteiger partial charge in [-0.1, -0.05) is 29.8 Å². The van der Waals surface area contributed by atoms with Gasteiger partial charge in [0.25, 0.3) is 5.91 Å². The van der Waals surface area contributed by atoms with E-state index in [2.05, 4.69) is 10.6 Å². The van der Waals surface area contributed by atoms with E-state index in [1.807, 2.05) is 26.0 Å². The number of fused-ring (bicyclic) bond motifs is 1. The fraction of sp³-hybridized carbons (Fsp3) is 0.273. The molecule has 0 aliphatic carbocycles. The van der Waals surface area contributed by atoms with Gasteiger partial charge in [0.2, 0.25) is 0 Å². The van der Waals surface area contributed by atoms with Crippen LogP contribution in [-0.2, 0) is 20.9 Å². The molecule has 0 saturated heterocycles. The van der Waals surface area contributed by atoms with Crippen LogP contribution in [-0.4, -0.2) is 29.1 Å². The molecule has 0 fully saturated rings. The molecule has 0 radical (unpaired) electrons. The maximum atomic E-state index is 11.9. The second-order valence-corrected chi connectivity index (χ2v) is 7.07. The summed E-state index contributed by atoms with van der Waals surface area (Å²) in [7, 11) is 0. The minimum absolute atomic E-state index is 0.00792. The normalized spacial score (nSPS) is 10.6. The fourth-order valence-electron chi connectivity index (χ4n) is 3.10. The summed E-state index contributed by atoms with van der Waals surface area (Å²) in [5.74, 6) is -1.85. The number of nitrogens with one attached hydrogen (secondary N) is 2. The smallest absolute Gasteiger partial charge is 0.419 e. The van der Waals surface area contributed by atoms with Gasteiger partial charge >= 0.3 is 17.8 Å². The molecule has 3 aromatic rings. The molecule has 0 aliphatic heterocycles. The highest BCUT2D eigenvalue weighted by Crippen LogP contribution is 2.15. The number of hydrogen-bond acceptors (Lipinski definition) is 6. The first kappa shape index (κ1) is 21.8. The maximum absolute atomic E-state index is 11.9. The monoisotopic (exact) mass is 425 g/mol. The van der Waals surface area contributed by atoms with Crippen molar-refractivity contribution < 1.29 is 23.5 Å². The summed E-state index contributed by atoms with van der Waals surface area (Å²) in [5, 5.41) is 4.68. The number of hydrogen-bond donors (Lipinski definition) is 2. The molecular weight excluding hydrogens is 402 g/mol. The summed E-state index contributed by atoms with van der Waals surface area (Å²) < 4.78 is 11.5. The highest BCUT2D eigenvalue weighted by atomic mass is 16.5. The number of amides is 3. The molecule has 3 rings (SSSR count). The molecule has 1 aromatic heterocycles. The molecular formula is C22H23N3O6. The number of imide groups is 1. The van der Waals surface area contributed by atoms with Crippen molar-refractivity contribution in [1.82, 2.24) is 9.88 Å². The summed E-state index contributed by atoms with van der Waals surface area (Å²) in [4.78, 5) is 47.5. The maximum Gasteiger partial charge on any atom is 0.419 e. The van der Waals surface area contributed by atoms with Crippen LogP contribution in [0.15, 0.2) is 51.7 Å². The number of esters is 1. The molecule has 31 heavy (non-hydrogen) atoms. The van der Waals surface area contributed by atoms with Gasteiger partial charge in [-0.15, -0.1) is 0 Å². The first-order valence-electron chi connectivity index (χ1n) is 9.75. The Kier molecular flexibility index (Phi) is 6.86. The predicted molar refractivity (Wildman–Crippen MR) is 114 cm³/mol. The molecule has 9 nitrogen and oxygen atoms in total. The minimum Gasteiger partial charge on any atom is -0.456 e. The number of ether oxygens (including phenoxy) is 1. The lowest BCUT2D eigenvalue weighted by atomic mass is 10.1. The second-order valence-electron chi connectivity index (χ2n) is 7.07. The molecule has 0 unspecified atom stereocenters. The zero-order valence-electron chi connectivity index (χ0n) is 17.3. The Morgan fingerprint density at radius 2 is 1.87 bits per heavy atom. The van der Waals surface area contributed by atoms with Gasteiger partial charge in [-0.2, -0.15) is 0 Å². The number of aromatic nitrogens is 1. The number of para-hydroxylation sites is 2. The highest BCUT2D eigenvalue weighted by Gasteiger charge is 2.13.